The molecule has 10 amide bonds. The second-order valence-electron chi connectivity index (χ2n) is 21.2. The number of carbonyl (C=O) groups excluding carboxylic acids is 10. The van der Waals surface area contributed by atoms with Crippen molar-refractivity contribution in [1.29, 1.82) is 0 Å². The minimum Gasteiger partial charge on any atom is -0.449 e. The Morgan fingerprint density at radius 2 is 1.18 bits per heavy atom. The molecule has 464 valence electrons. The third-order valence-electron chi connectivity index (χ3n) is 13.6. The number of primary amides is 1. The molecular weight excluding hydrogens is 1130 g/mol. The van der Waals surface area contributed by atoms with E-state index >= 15 is 0 Å². The molecule has 84 heavy (non-hydrogen) atoms. The highest BCUT2D eigenvalue weighted by Crippen LogP contribution is 2.44. The lowest BCUT2D eigenvalue weighted by atomic mass is 9.94. The number of ether oxygens (including phenoxy) is 4. The second-order valence-corrected chi connectivity index (χ2v) is 23.0. The predicted octanol–water partition coefficient (Wildman–Crippen LogP) is -5.58. The lowest BCUT2D eigenvalue weighted by Crippen LogP contribution is -2.71. The molecule has 0 saturated carbocycles. The monoisotopic (exact) mass is 1200 g/mol. The minimum absolute atomic E-state index is 0.0137. The Morgan fingerprint density at radius 1 is 0.643 bits per heavy atom. The fourth-order valence-corrected chi connectivity index (χ4v) is 10.1. The third kappa shape index (κ3) is 18.5. The van der Waals surface area contributed by atoms with Crippen molar-refractivity contribution in [2.24, 2.45) is 5.73 Å². The molecular formula is C53H76N10O20S. The molecule has 5 rings (SSSR count). The first kappa shape index (κ1) is 67.7. The Kier molecular flexibility index (Phi) is 24.7. The van der Waals surface area contributed by atoms with E-state index in [2.05, 4.69) is 47.9 Å². The Hall–Kier alpha value is -7.07. The van der Waals surface area contributed by atoms with Gasteiger partial charge in [0.2, 0.25) is 53.2 Å². The van der Waals surface area contributed by atoms with Crippen molar-refractivity contribution >= 4 is 71.0 Å². The zero-order valence-electron chi connectivity index (χ0n) is 47.2. The van der Waals surface area contributed by atoms with Gasteiger partial charge in [0, 0.05) is 30.3 Å². The number of nitrogens with two attached hydrogens (primary N) is 1. The summed E-state index contributed by atoms with van der Waals surface area (Å²) in [5.74, 6) is -9.07. The highest BCUT2D eigenvalue weighted by molar-refractivity contribution is 8.00. The lowest BCUT2D eigenvalue weighted by molar-refractivity contribution is -0.315. The molecule has 0 aromatic heterocycles. The largest absolute Gasteiger partial charge is 0.449 e. The number of amides is 10. The molecule has 17 N–H and O–H groups in total. The molecule has 2 saturated heterocycles. The van der Waals surface area contributed by atoms with Gasteiger partial charge in [-0.2, -0.15) is 11.8 Å². The number of aliphatic hydroxyl groups excluding tert-OH is 6. The minimum atomic E-state index is -1.88. The summed E-state index contributed by atoms with van der Waals surface area (Å²) in [5.41, 5.74) is 9.13. The van der Waals surface area contributed by atoms with E-state index in [1.807, 2.05) is 69.3 Å². The van der Waals surface area contributed by atoms with E-state index in [0.717, 1.165) is 43.0 Å². The van der Waals surface area contributed by atoms with Gasteiger partial charge in [-0.15, -0.1) is 0 Å². The first-order chi connectivity index (χ1) is 39.6. The molecule has 0 unspecified atom stereocenters. The maximum Gasteiger partial charge on any atom is 0.407 e. The maximum atomic E-state index is 13.9. The van der Waals surface area contributed by atoms with Gasteiger partial charge in [0.15, 0.2) is 12.5 Å². The Bertz CT molecular complexity index is 2660. The summed E-state index contributed by atoms with van der Waals surface area (Å²) in [6.07, 6.45) is -15.3. The molecule has 0 bridgehead atoms. The number of alkyl carbamates (subject to hydrolysis) is 1. The average molecular weight is 1210 g/mol. The lowest BCUT2D eigenvalue weighted by Gasteiger charge is -2.48. The van der Waals surface area contributed by atoms with E-state index in [0.29, 0.717) is 0 Å². The Morgan fingerprint density at radius 3 is 1.70 bits per heavy atom. The van der Waals surface area contributed by atoms with E-state index in [9.17, 15) is 78.6 Å². The van der Waals surface area contributed by atoms with Gasteiger partial charge in [-0.3, -0.25) is 43.2 Å². The number of carbonyl (C=O) groups is 10. The molecule has 3 aliphatic rings. The number of fused-ring (bicyclic) bond motifs is 3. The molecule has 2 aromatic carbocycles. The highest BCUT2D eigenvalue weighted by atomic mass is 32.2. The molecule has 2 heterocycles. The van der Waals surface area contributed by atoms with Gasteiger partial charge < -0.3 is 103 Å². The van der Waals surface area contributed by atoms with Gasteiger partial charge in [0.05, 0.1) is 32.8 Å². The fourth-order valence-electron chi connectivity index (χ4n) is 9.24. The van der Waals surface area contributed by atoms with Crippen LogP contribution in [-0.4, -0.2) is 225 Å². The van der Waals surface area contributed by atoms with Crippen LogP contribution in [0.15, 0.2) is 48.5 Å². The van der Waals surface area contributed by atoms with Gasteiger partial charge in [-0.05, 0) is 36.1 Å². The van der Waals surface area contributed by atoms with Crippen molar-refractivity contribution in [3.63, 3.8) is 0 Å². The van der Waals surface area contributed by atoms with Crippen LogP contribution >= 0.6 is 11.8 Å². The van der Waals surface area contributed by atoms with Crippen molar-refractivity contribution in [1.82, 2.24) is 47.9 Å². The molecule has 31 heteroatoms. The summed E-state index contributed by atoms with van der Waals surface area (Å²) in [6.45, 7) is 6.58. The number of rotatable bonds is 26. The molecule has 2 aromatic rings. The van der Waals surface area contributed by atoms with Crippen LogP contribution < -0.4 is 53.6 Å². The molecule has 15 atom stereocenters. The van der Waals surface area contributed by atoms with Crippen molar-refractivity contribution < 1.29 is 97.5 Å². The van der Waals surface area contributed by atoms with Gasteiger partial charge in [0.25, 0.3) is 0 Å². The summed E-state index contributed by atoms with van der Waals surface area (Å²) < 4.78 is 22.6. The van der Waals surface area contributed by atoms with Crippen LogP contribution in [0.1, 0.15) is 71.9 Å². The summed E-state index contributed by atoms with van der Waals surface area (Å²) in [7, 11) is 0. The summed E-state index contributed by atoms with van der Waals surface area (Å²) in [5, 5.41) is 83.6. The van der Waals surface area contributed by atoms with E-state index in [1.54, 1.807) is 0 Å². The topological polar surface area (TPSA) is 463 Å². The van der Waals surface area contributed by atoms with Crippen molar-refractivity contribution in [3.8, 4) is 11.1 Å². The van der Waals surface area contributed by atoms with Crippen LogP contribution in [0.3, 0.4) is 0 Å². The Balaban J connectivity index is 1.27. The summed E-state index contributed by atoms with van der Waals surface area (Å²) in [6, 6.07) is 4.66. The number of thioether (sulfide) groups is 1. The van der Waals surface area contributed by atoms with E-state index in [1.165, 1.54) is 18.7 Å². The SMILES string of the molecule is CC(=O)N[C@@H]1[C@@H](O)[C@H](O[C@@H]2O[C@H](CO)[C@@H](O)[C@H](O)[C@H]2NC(C)=O)[C@@H](CO)O[C@H]1NC(=O)CNC(=O)C[C@H](NC(=O)[C@H](C)NC(=O)[C@H](CSC(C)(C)C)NC(=O)OCC1c2ccccc2-c2ccccc21)C(=O)N[C@@H](C)C(=O)N[C@@H](CO)C(N)=O. The third-order valence-corrected chi connectivity index (χ3v) is 14.9. The zero-order valence-corrected chi connectivity index (χ0v) is 48.0. The number of nitrogens with one attached hydrogen (secondary N) is 9. The first-order valence-electron chi connectivity index (χ1n) is 26.8. The van der Waals surface area contributed by atoms with Crippen LogP contribution in [0.5, 0.6) is 0 Å². The molecule has 2 fully saturated rings. The smallest absolute Gasteiger partial charge is 0.407 e. The Labute approximate surface area is 487 Å². The van der Waals surface area contributed by atoms with Gasteiger partial charge >= 0.3 is 6.09 Å². The van der Waals surface area contributed by atoms with Crippen LogP contribution in [0, 0.1) is 0 Å². The number of hydrogen-bond donors (Lipinski definition) is 16. The van der Waals surface area contributed by atoms with Crippen molar-refractivity contribution in [2.75, 3.05) is 38.7 Å². The first-order valence-corrected chi connectivity index (χ1v) is 27.8. The fraction of sp³-hybridized carbons (Fsp3) is 0.585. The second kappa shape index (κ2) is 30.7. The van der Waals surface area contributed by atoms with Crippen molar-refractivity contribution in [2.45, 2.75) is 157 Å². The number of aliphatic hydroxyl groups is 6. The van der Waals surface area contributed by atoms with Gasteiger partial charge in [0.1, 0.15) is 85.5 Å². The normalized spacial score (nSPS) is 24.6. The molecule has 30 nitrogen and oxygen atoms in total. The molecule has 0 spiro atoms. The summed E-state index contributed by atoms with van der Waals surface area (Å²) in [4.78, 5) is 131. The maximum absolute atomic E-state index is 13.9. The highest BCUT2D eigenvalue weighted by Gasteiger charge is 2.52. The quantitative estimate of drug-likeness (QED) is 0.0418. The van der Waals surface area contributed by atoms with Crippen LogP contribution in [0.25, 0.3) is 11.1 Å². The van der Waals surface area contributed by atoms with Gasteiger partial charge in [-0.25, -0.2) is 4.79 Å². The van der Waals surface area contributed by atoms with Crippen LogP contribution in [0.2, 0.25) is 0 Å². The van der Waals surface area contributed by atoms with E-state index < -0.39 is 188 Å². The predicted molar refractivity (Wildman–Crippen MR) is 295 cm³/mol. The standard InChI is InChI=1S/C53H76N10O20S/c1-23(57-49(78)34(22-84-53(5,6)7)62-52(79)80-21-31-29-14-10-8-12-27(29)28-13-9-11-15-30(28)31)46(75)60-32(48(77)56-24(2)47(76)61-33(18-64)45(54)74)16-37(69)55-17-38(70)63-50-39(58-25(3)67)43(73)44(36(20-66)81-50)83-51-40(59-26(4)68)42(72)41(71)35(19-65)82-51/h8-15,23-24,31-36,39-44,50-51,64-66,71-73H,16-22H2,1-7H3,(H2,54,74)(H,55,69)(H,56,77)(H,57,78)(H,58,67)(H,59,68)(H,60,75)(H,61,76)(H,62,79)(H,63,70)/t23-,24-,32-,33-,34-,35+,36+,39+,40+,41+,42+,43+,44+,50+,51-/m0/s1. The van der Waals surface area contributed by atoms with Crippen LogP contribution in [0.4, 0.5) is 4.79 Å². The van der Waals surface area contributed by atoms with E-state index in [4.69, 9.17) is 24.7 Å². The zero-order chi connectivity index (χ0) is 62.3. The summed E-state index contributed by atoms with van der Waals surface area (Å²) >= 11 is 1.32. The average Bonchev–Trinajstić information content (AvgIpc) is 3.76. The van der Waals surface area contributed by atoms with Crippen molar-refractivity contribution in [3.05, 3.63) is 59.7 Å². The molecule has 2 aliphatic heterocycles. The molecule has 0 radical (unpaired) electrons. The van der Waals surface area contributed by atoms with Gasteiger partial charge in [-0.1, -0.05) is 69.3 Å². The number of benzene rings is 2. The molecule has 1 aliphatic carbocycles. The van der Waals surface area contributed by atoms with Crippen LogP contribution in [-0.2, 0) is 62.1 Å². The number of hydrogen-bond acceptors (Lipinski definition) is 21. The van der Waals surface area contributed by atoms with E-state index in [-0.39, 0.29) is 18.3 Å².